The Kier molecular flexibility index (Phi) is 10.5. The third kappa shape index (κ3) is 7.85. The van der Waals surface area contributed by atoms with Crippen LogP contribution in [0.15, 0.2) is 77.7 Å². The average molecular weight is 616 g/mol. The van der Waals surface area contributed by atoms with Crippen LogP contribution in [-0.4, -0.2) is 45.9 Å². The first-order chi connectivity index (χ1) is 20.1. The van der Waals surface area contributed by atoms with E-state index in [9.17, 15) is 27.3 Å². The summed E-state index contributed by atoms with van der Waals surface area (Å²) >= 11 is 6.05. The Bertz CT molecular complexity index is 1500. The Morgan fingerprint density at radius 2 is 1.74 bits per heavy atom. The largest absolute Gasteiger partial charge is 0.366 e. The van der Waals surface area contributed by atoms with Gasteiger partial charge in [-0.3, -0.25) is 4.79 Å². The number of sulfone groups is 1. The molecule has 11 heteroatoms. The molecule has 222 valence electrons. The number of anilines is 1. The number of nitrogens with zero attached hydrogens (tertiary/aromatic N) is 2. The van der Waals surface area contributed by atoms with E-state index in [0.717, 1.165) is 17.7 Å². The Morgan fingerprint density at radius 1 is 1.07 bits per heavy atom. The number of carbonyl (C=O) groups excluding carboxylic acids is 1. The van der Waals surface area contributed by atoms with Gasteiger partial charge in [-0.15, -0.1) is 0 Å². The van der Waals surface area contributed by atoms with E-state index >= 15 is 0 Å². The third-order valence-corrected chi connectivity index (χ3v) is 9.55. The summed E-state index contributed by atoms with van der Waals surface area (Å²) in [6.45, 7) is -0.839. The molecule has 1 aliphatic rings. The van der Waals surface area contributed by atoms with Crippen LogP contribution in [0.2, 0.25) is 5.02 Å². The Balaban J connectivity index is 1.50. The lowest BCUT2D eigenvalue weighted by Gasteiger charge is -2.41. The van der Waals surface area contributed by atoms with Gasteiger partial charge >= 0.3 is 6.61 Å². The van der Waals surface area contributed by atoms with Gasteiger partial charge in [0, 0.05) is 28.7 Å². The van der Waals surface area contributed by atoms with Gasteiger partial charge in [0.1, 0.15) is 0 Å². The summed E-state index contributed by atoms with van der Waals surface area (Å²) in [6.07, 6.45) is 1.45. The van der Waals surface area contributed by atoms with Crippen molar-refractivity contribution in [3.8, 4) is 6.07 Å². The molecule has 1 saturated heterocycles. The molecule has 1 fully saturated rings. The van der Waals surface area contributed by atoms with Crippen LogP contribution in [-0.2, 0) is 14.6 Å². The summed E-state index contributed by atoms with van der Waals surface area (Å²) in [4.78, 5) is 15.3. The van der Waals surface area contributed by atoms with Gasteiger partial charge in [-0.05, 0) is 72.5 Å². The quantitative estimate of drug-likeness (QED) is 0.264. The van der Waals surface area contributed by atoms with Crippen LogP contribution in [0.1, 0.15) is 59.6 Å². The summed E-state index contributed by atoms with van der Waals surface area (Å²) in [7, 11) is -3.37. The van der Waals surface area contributed by atoms with E-state index in [1.54, 1.807) is 43.3 Å². The number of nitriles is 1. The molecular formula is C31H32ClF2N3O4S. The second kappa shape index (κ2) is 14.1. The van der Waals surface area contributed by atoms with Crippen molar-refractivity contribution < 1.29 is 26.7 Å². The lowest BCUT2D eigenvalue weighted by molar-refractivity contribution is -0.133. The van der Waals surface area contributed by atoms with Crippen LogP contribution in [0.25, 0.3) is 0 Å². The van der Waals surface area contributed by atoms with Crippen LogP contribution in [0.5, 0.6) is 0 Å². The van der Waals surface area contributed by atoms with E-state index in [4.69, 9.17) is 11.6 Å². The first kappa shape index (κ1) is 31.4. The van der Waals surface area contributed by atoms with Crippen molar-refractivity contribution in [3.63, 3.8) is 0 Å². The summed E-state index contributed by atoms with van der Waals surface area (Å²) in [5, 5.41) is 12.8. The molecule has 4 rings (SSSR count). The second-order valence-electron chi connectivity index (χ2n) is 10.1. The van der Waals surface area contributed by atoms with Crippen molar-refractivity contribution in [2.45, 2.75) is 55.7 Å². The maximum Gasteiger partial charge on any atom is 0.345 e. The topological polar surface area (TPSA) is 99.5 Å². The van der Waals surface area contributed by atoms with Crippen molar-refractivity contribution in [1.82, 2.24) is 5.32 Å². The Morgan fingerprint density at radius 3 is 2.33 bits per heavy atom. The Hall–Kier alpha value is -3.52. The number of nitrogens with one attached hydrogen (secondary N) is 1. The van der Waals surface area contributed by atoms with Crippen LogP contribution in [0.4, 0.5) is 14.5 Å². The van der Waals surface area contributed by atoms with Crippen molar-refractivity contribution in [3.05, 3.63) is 94.5 Å². The Labute approximate surface area is 250 Å². The number of ether oxygens (including phenoxy) is 1. The van der Waals surface area contributed by atoms with E-state index in [1.165, 1.54) is 12.1 Å². The minimum absolute atomic E-state index is 0.00458. The fraction of sp³-hybridized carbons (Fsp3) is 0.355. The standard InChI is InChI=1S/C31H32ClF2N3O4S/c1-2-42(39,40)28-15-8-22(9-16-28)29(17-18-35)36-30(38)23-5-12-26(13-6-23)37-19-24(21-3-10-25(32)11-4-21)7-14-27(37)20-41-31(33)34/h3-6,8-13,15-16,24,27,29,31H,2,7,14,17,19-20H2,1H3,(H,36,38)/t24-,27-,29?/m0/s1. The van der Waals surface area contributed by atoms with E-state index in [-0.39, 0.29) is 35.6 Å². The zero-order chi connectivity index (χ0) is 30.3. The molecule has 7 nitrogen and oxygen atoms in total. The molecule has 0 aliphatic carbocycles. The second-order valence-corrected chi connectivity index (χ2v) is 12.8. The normalized spacial score (nSPS) is 18.0. The number of alkyl halides is 2. The number of rotatable bonds is 11. The average Bonchev–Trinajstić information content (AvgIpc) is 3.00. The van der Waals surface area contributed by atoms with Crippen LogP contribution in [0.3, 0.4) is 0 Å². The highest BCUT2D eigenvalue weighted by Crippen LogP contribution is 2.34. The number of piperidine rings is 1. The molecule has 1 heterocycles. The van der Waals surface area contributed by atoms with E-state index in [1.807, 2.05) is 29.2 Å². The van der Waals surface area contributed by atoms with Crippen LogP contribution >= 0.6 is 11.6 Å². The van der Waals surface area contributed by atoms with E-state index in [2.05, 4.69) is 16.1 Å². The zero-order valence-corrected chi connectivity index (χ0v) is 24.6. The number of hydrogen-bond acceptors (Lipinski definition) is 6. The molecule has 0 saturated carbocycles. The smallest absolute Gasteiger partial charge is 0.345 e. The molecule has 0 aromatic heterocycles. The molecule has 3 aromatic carbocycles. The van der Waals surface area contributed by atoms with Gasteiger partial charge in [-0.2, -0.15) is 14.0 Å². The molecular weight excluding hydrogens is 584 g/mol. The summed E-state index contributed by atoms with van der Waals surface area (Å²) < 4.78 is 54.7. The fourth-order valence-electron chi connectivity index (χ4n) is 5.17. The van der Waals surface area contributed by atoms with Gasteiger partial charge in [0.05, 0.1) is 41.8 Å². The molecule has 0 radical (unpaired) electrons. The van der Waals surface area contributed by atoms with E-state index in [0.29, 0.717) is 29.1 Å². The first-order valence-electron chi connectivity index (χ1n) is 13.6. The molecule has 1 N–H and O–H groups in total. The number of benzene rings is 3. The summed E-state index contributed by atoms with van der Waals surface area (Å²) in [5.74, 6) is -0.263. The van der Waals surface area contributed by atoms with Crippen molar-refractivity contribution in [2.75, 3.05) is 23.8 Å². The van der Waals surface area contributed by atoms with Gasteiger partial charge in [0.2, 0.25) is 0 Å². The van der Waals surface area contributed by atoms with Crippen LogP contribution in [0, 0.1) is 11.3 Å². The molecule has 1 aliphatic heterocycles. The lowest BCUT2D eigenvalue weighted by atomic mass is 9.87. The van der Waals surface area contributed by atoms with E-state index < -0.39 is 28.4 Å². The number of hydrogen-bond donors (Lipinski definition) is 1. The molecule has 0 bridgehead atoms. The van der Waals surface area contributed by atoms with Gasteiger partial charge < -0.3 is 15.0 Å². The third-order valence-electron chi connectivity index (χ3n) is 7.55. The highest BCUT2D eigenvalue weighted by molar-refractivity contribution is 7.91. The molecule has 0 spiro atoms. The highest BCUT2D eigenvalue weighted by Gasteiger charge is 2.30. The van der Waals surface area contributed by atoms with Gasteiger partial charge in [0.15, 0.2) is 9.84 Å². The lowest BCUT2D eigenvalue weighted by Crippen LogP contribution is -2.45. The molecule has 42 heavy (non-hydrogen) atoms. The number of halogens is 3. The van der Waals surface area contributed by atoms with Crippen LogP contribution < -0.4 is 10.2 Å². The number of carbonyl (C=O) groups is 1. The highest BCUT2D eigenvalue weighted by atomic mass is 35.5. The minimum Gasteiger partial charge on any atom is -0.366 e. The SMILES string of the molecule is CCS(=O)(=O)c1ccc(C(CC#N)NC(=O)c2ccc(N3C[C@@H](c4ccc(Cl)cc4)CC[C@H]3COC(F)F)cc2)cc1. The van der Waals surface area contributed by atoms with Gasteiger partial charge in [0.25, 0.3) is 5.91 Å². The summed E-state index contributed by atoms with van der Waals surface area (Å²) in [6, 6.07) is 21.8. The zero-order valence-electron chi connectivity index (χ0n) is 23.0. The van der Waals surface area contributed by atoms with Crippen molar-refractivity contribution in [2.24, 2.45) is 0 Å². The van der Waals surface area contributed by atoms with Gasteiger partial charge in [-0.1, -0.05) is 42.8 Å². The minimum atomic E-state index is -3.37. The maximum atomic E-state index is 13.1. The molecule has 1 amide bonds. The summed E-state index contributed by atoms with van der Waals surface area (Å²) in [5.41, 5.74) is 2.85. The van der Waals surface area contributed by atoms with Crippen molar-refractivity contribution >= 4 is 33.0 Å². The predicted molar refractivity (Wildman–Crippen MR) is 158 cm³/mol. The van der Waals surface area contributed by atoms with Gasteiger partial charge in [-0.25, -0.2) is 8.42 Å². The first-order valence-corrected chi connectivity index (χ1v) is 15.7. The fourth-order valence-corrected chi connectivity index (χ4v) is 6.18. The molecule has 3 aromatic rings. The predicted octanol–water partition coefficient (Wildman–Crippen LogP) is 6.51. The molecule has 3 atom stereocenters. The van der Waals surface area contributed by atoms with Crippen molar-refractivity contribution in [1.29, 1.82) is 5.26 Å². The number of amides is 1. The maximum absolute atomic E-state index is 13.1. The molecule has 1 unspecified atom stereocenters. The monoisotopic (exact) mass is 615 g/mol.